The predicted octanol–water partition coefficient (Wildman–Crippen LogP) is 7.70. The SMILES string of the molecule is CCOC(=O)c1nn(C)c2c1-c1ccc3c(c1)c(nn3C1CCCCO1)/C=C\c1c(OCC)nn(CCO[Si](C)(C)C(C)(C)C)c1CN(CC)C[C@H](C)O2. The van der Waals surface area contributed by atoms with E-state index < -0.39 is 14.3 Å². The van der Waals surface area contributed by atoms with Crippen molar-refractivity contribution in [3.8, 4) is 22.9 Å². The second-order valence-electron chi connectivity index (χ2n) is 15.8. The number of nitrogens with zero attached hydrogens (tertiary/aromatic N) is 7. The standard InChI is InChI=1S/C40H59N7O6Si/c1-11-45-25-27(4)53-38-35(36(42-44(38)8)39(48)50-13-3)28-17-20-32-30(24-28)31(41-47(32)34-16-14-15-22-51-34)19-18-29-33(26-45)46(43-37(29)49-12-2)21-23-52-54(9,10)40(5,6)7/h17-20,24,27,34H,11-16,21-23,25-26H2,1-10H3/b19-18-/t27-,34?/m0/s1. The minimum atomic E-state index is -1.97. The molecule has 1 unspecified atom stereocenters. The number of esters is 1. The van der Waals surface area contributed by atoms with Gasteiger partial charge in [0, 0.05) is 32.1 Å². The molecule has 3 aromatic heterocycles. The van der Waals surface area contributed by atoms with Crippen molar-refractivity contribution in [2.75, 3.05) is 39.5 Å². The van der Waals surface area contributed by atoms with E-state index in [9.17, 15) is 4.79 Å². The maximum absolute atomic E-state index is 13.4. The lowest BCUT2D eigenvalue weighted by Gasteiger charge is -2.36. The van der Waals surface area contributed by atoms with Crippen LogP contribution in [-0.4, -0.2) is 94.1 Å². The fraction of sp³-hybridized carbons (Fsp3) is 0.600. The van der Waals surface area contributed by atoms with Gasteiger partial charge in [0.15, 0.2) is 20.2 Å². The quantitative estimate of drug-likeness (QED) is 0.117. The number of rotatable bonds is 10. The number of hydrogen-bond donors (Lipinski definition) is 0. The van der Waals surface area contributed by atoms with Gasteiger partial charge in [0.25, 0.3) is 0 Å². The van der Waals surface area contributed by atoms with Gasteiger partial charge in [-0.2, -0.15) is 10.2 Å². The summed E-state index contributed by atoms with van der Waals surface area (Å²) in [5, 5.41) is 15.9. The van der Waals surface area contributed by atoms with E-state index in [4.69, 9.17) is 33.6 Å². The number of hydrogen-bond acceptors (Lipinski definition) is 10. The van der Waals surface area contributed by atoms with Crippen LogP contribution in [0.2, 0.25) is 18.1 Å². The lowest BCUT2D eigenvalue weighted by molar-refractivity contribution is -0.0367. The van der Waals surface area contributed by atoms with E-state index in [0.717, 1.165) is 59.2 Å². The van der Waals surface area contributed by atoms with Crippen molar-refractivity contribution in [1.82, 2.24) is 34.2 Å². The third-order valence-corrected chi connectivity index (χ3v) is 15.4. The molecule has 1 fully saturated rings. The van der Waals surface area contributed by atoms with E-state index in [1.807, 2.05) is 24.6 Å². The molecular weight excluding hydrogens is 703 g/mol. The summed E-state index contributed by atoms with van der Waals surface area (Å²) in [6.45, 7) is 23.8. The zero-order valence-electron chi connectivity index (χ0n) is 33.9. The van der Waals surface area contributed by atoms with Gasteiger partial charge in [-0.25, -0.2) is 14.2 Å². The monoisotopic (exact) mass is 761 g/mol. The number of ether oxygens (including phenoxy) is 4. The van der Waals surface area contributed by atoms with E-state index in [-0.39, 0.29) is 29.7 Å². The Bertz CT molecular complexity index is 1970. The van der Waals surface area contributed by atoms with E-state index in [0.29, 0.717) is 56.8 Å². The first-order valence-electron chi connectivity index (χ1n) is 19.6. The molecule has 1 aromatic carbocycles. The Balaban J connectivity index is 1.53. The number of likely N-dealkylation sites (N-methyl/N-ethyl adjacent to an activating group) is 1. The third kappa shape index (κ3) is 8.17. The van der Waals surface area contributed by atoms with Crippen LogP contribution in [0.3, 0.4) is 0 Å². The smallest absolute Gasteiger partial charge is 0.359 e. The normalized spacial score (nSPS) is 19.1. The molecule has 0 N–H and O–H groups in total. The zero-order chi connectivity index (χ0) is 38.8. The highest BCUT2D eigenvalue weighted by Gasteiger charge is 2.37. The summed E-state index contributed by atoms with van der Waals surface area (Å²) in [7, 11) is -0.172. The van der Waals surface area contributed by atoms with Crippen molar-refractivity contribution >= 4 is 37.3 Å². The average Bonchev–Trinajstić information content (AvgIpc) is 3.77. The molecule has 2 atom stereocenters. The minimum Gasteiger partial charge on any atom is -0.476 e. The summed E-state index contributed by atoms with van der Waals surface area (Å²) in [6, 6.07) is 6.13. The van der Waals surface area contributed by atoms with Crippen LogP contribution in [0.4, 0.5) is 0 Å². The lowest BCUT2D eigenvalue weighted by Crippen LogP contribution is -2.41. The Labute approximate surface area is 320 Å². The topological polar surface area (TPSA) is 120 Å². The molecule has 0 spiro atoms. The Kier molecular flexibility index (Phi) is 12.1. The summed E-state index contributed by atoms with van der Waals surface area (Å²) < 4.78 is 37.0. The highest BCUT2D eigenvalue weighted by atomic mass is 28.4. The molecule has 2 aliphatic rings. The number of aromatic nitrogens is 6. The van der Waals surface area contributed by atoms with Crippen LogP contribution in [0.15, 0.2) is 18.2 Å². The fourth-order valence-electron chi connectivity index (χ4n) is 6.95. The average molecular weight is 762 g/mol. The Morgan fingerprint density at radius 2 is 1.85 bits per heavy atom. The maximum atomic E-state index is 13.4. The molecule has 2 bridgehead atoms. The van der Waals surface area contributed by atoms with E-state index >= 15 is 0 Å². The molecule has 14 heteroatoms. The first-order chi connectivity index (χ1) is 25.8. The summed E-state index contributed by atoms with van der Waals surface area (Å²) in [5.74, 6) is 0.590. The lowest BCUT2D eigenvalue weighted by atomic mass is 10.0. The molecule has 6 rings (SSSR count). The third-order valence-electron chi connectivity index (χ3n) is 10.9. The molecule has 294 valence electrons. The maximum Gasteiger partial charge on any atom is 0.359 e. The molecule has 2 aliphatic heterocycles. The van der Waals surface area contributed by atoms with Gasteiger partial charge in [-0.3, -0.25) is 9.58 Å². The molecule has 13 nitrogen and oxygen atoms in total. The first-order valence-corrected chi connectivity index (χ1v) is 22.5. The van der Waals surface area contributed by atoms with Gasteiger partial charge in [0.05, 0.1) is 54.4 Å². The van der Waals surface area contributed by atoms with Crippen LogP contribution in [0.1, 0.15) is 101 Å². The zero-order valence-corrected chi connectivity index (χ0v) is 34.9. The molecule has 0 saturated carbocycles. The molecule has 4 aromatic rings. The van der Waals surface area contributed by atoms with Crippen LogP contribution < -0.4 is 9.47 Å². The van der Waals surface area contributed by atoms with Crippen LogP contribution in [-0.2, 0) is 34.0 Å². The molecule has 0 aliphatic carbocycles. The summed E-state index contributed by atoms with van der Waals surface area (Å²) in [4.78, 5) is 15.7. The molecule has 0 amide bonds. The summed E-state index contributed by atoms with van der Waals surface area (Å²) in [6.07, 6.45) is 6.69. The largest absolute Gasteiger partial charge is 0.476 e. The number of fused-ring (bicyclic) bond motifs is 4. The fourth-order valence-corrected chi connectivity index (χ4v) is 7.98. The van der Waals surface area contributed by atoms with Gasteiger partial charge in [0.2, 0.25) is 11.8 Å². The molecule has 0 radical (unpaired) electrons. The Morgan fingerprint density at radius 1 is 1.06 bits per heavy atom. The van der Waals surface area contributed by atoms with Gasteiger partial charge in [-0.15, -0.1) is 5.10 Å². The summed E-state index contributed by atoms with van der Waals surface area (Å²) in [5.41, 5.74) is 5.24. The molecular formula is C40H59N7O6Si. The Hall–Kier alpha value is -3.98. The highest BCUT2D eigenvalue weighted by Crippen LogP contribution is 2.39. The molecule has 5 heterocycles. The van der Waals surface area contributed by atoms with Crippen molar-refractivity contribution in [2.24, 2.45) is 7.05 Å². The Morgan fingerprint density at radius 3 is 2.54 bits per heavy atom. The van der Waals surface area contributed by atoms with Crippen molar-refractivity contribution in [1.29, 1.82) is 0 Å². The van der Waals surface area contributed by atoms with Crippen molar-refractivity contribution in [3.63, 3.8) is 0 Å². The highest BCUT2D eigenvalue weighted by molar-refractivity contribution is 6.74. The number of benzene rings is 1. The number of carbonyl (C=O) groups excluding carboxylic acids is 1. The second-order valence-corrected chi connectivity index (χ2v) is 20.6. The van der Waals surface area contributed by atoms with Gasteiger partial charge >= 0.3 is 5.97 Å². The van der Waals surface area contributed by atoms with Crippen LogP contribution in [0.5, 0.6) is 11.8 Å². The molecule has 54 heavy (non-hydrogen) atoms. The summed E-state index contributed by atoms with van der Waals surface area (Å²) >= 11 is 0. The van der Waals surface area contributed by atoms with E-state index in [1.165, 1.54) is 0 Å². The van der Waals surface area contributed by atoms with Crippen LogP contribution in [0, 0.1) is 0 Å². The number of aryl methyl sites for hydroxylation is 1. The van der Waals surface area contributed by atoms with Gasteiger partial charge in [-0.05, 0) is 94.6 Å². The van der Waals surface area contributed by atoms with Crippen molar-refractivity contribution in [2.45, 2.75) is 111 Å². The first kappa shape index (κ1) is 39.7. The van der Waals surface area contributed by atoms with Gasteiger partial charge in [0.1, 0.15) is 6.10 Å². The number of carbonyl (C=O) groups is 1. The second kappa shape index (κ2) is 16.4. The van der Waals surface area contributed by atoms with Gasteiger partial charge in [-0.1, -0.05) is 33.8 Å². The molecule has 1 saturated heterocycles. The van der Waals surface area contributed by atoms with Crippen molar-refractivity contribution in [3.05, 3.63) is 40.8 Å². The minimum absolute atomic E-state index is 0.0999. The van der Waals surface area contributed by atoms with E-state index in [1.54, 1.807) is 18.7 Å². The van der Waals surface area contributed by atoms with Crippen LogP contribution in [0.25, 0.3) is 34.2 Å². The van der Waals surface area contributed by atoms with E-state index in [2.05, 4.69) is 79.8 Å². The predicted molar refractivity (Wildman–Crippen MR) is 213 cm³/mol. The van der Waals surface area contributed by atoms with Crippen LogP contribution >= 0.6 is 0 Å². The van der Waals surface area contributed by atoms with Crippen molar-refractivity contribution < 1.29 is 28.2 Å². The van der Waals surface area contributed by atoms with Gasteiger partial charge < -0.3 is 23.4 Å².